The number of hydrogen-bond donors (Lipinski definition) is 6. The minimum atomic E-state index is -0.859. The van der Waals surface area contributed by atoms with Gasteiger partial charge in [0.25, 0.3) is 0 Å². The molecule has 0 saturated carbocycles. The molecule has 8 heteroatoms. The highest BCUT2D eigenvalue weighted by molar-refractivity contribution is 6.01. The molecule has 1 saturated heterocycles. The van der Waals surface area contributed by atoms with Crippen LogP contribution < -0.4 is 0 Å². The van der Waals surface area contributed by atoms with E-state index in [9.17, 15) is 35.4 Å². The summed E-state index contributed by atoms with van der Waals surface area (Å²) >= 11 is 0. The molecule has 5 rings (SSSR count). The number of benzene rings is 4. The zero-order chi connectivity index (χ0) is 27.0. The zero-order valence-electron chi connectivity index (χ0n) is 20.1. The Morgan fingerprint density at radius 3 is 1.79 bits per heavy atom. The lowest BCUT2D eigenvalue weighted by molar-refractivity contribution is 0.0254. The Morgan fingerprint density at radius 1 is 0.632 bits per heavy atom. The molecule has 6 N–H and O–H groups in total. The first kappa shape index (κ1) is 25.0. The second-order valence-electron chi connectivity index (χ2n) is 9.44. The summed E-state index contributed by atoms with van der Waals surface area (Å²) in [5.74, 6) is -2.61. The standard InChI is InChI=1S/C30H26O8/c31-18-5-1-16(2-6-18)13-24-27(28(37)22-11-9-20(33)14-25(22)35)29(17-3-7-19(32)8-4-17)38-30(24)23-12-10-21(34)15-26(23)36/h1-12,14-15,24,27,29-36H,13H2/t24-,27+,29+,30+/m0/s1. The summed E-state index contributed by atoms with van der Waals surface area (Å²) in [7, 11) is 0. The van der Waals surface area contributed by atoms with Gasteiger partial charge in [-0.3, -0.25) is 4.79 Å². The van der Waals surface area contributed by atoms with Crippen molar-refractivity contribution in [1.82, 2.24) is 0 Å². The molecule has 4 aromatic rings. The predicted octanol–water partition coefficient (Wildman–Crippen LogP) is 5.09. The Bertz CT molecular complexity index is 1460. The number of ketones is 1. The summed E-state index contributed by atoms with van der Waals surface area (Å²) in [4.78, 5) is 14.1. The lowest BCUT2D eigenvalue weighted by atomic mass is 9.75. The van der Waals surface area contributed by atoms with Gasteiger partial charge in [0.15, 0.2) is 5.78 Å². The van der Waals surface area contributed by atoms with Crippen LogP contribution in [0.3, 0.4) is 0 Å². The maximum atomic E-state index is 14.1. The van der Waals surface area contributed by atoms with E-state index in [1.54, 1.807) is 24.3 Å². The van der Waals surface area contributed by atoms with E-state index in [-0.39, 0.29) is 40.1 Å². The molecule has 0 unspecified atom stereocenters. The molecule has 0 aliphatic carbocycles. The molecule has 1 fully saturated rings. The van der Waals surface area contributed by atoms with E-state index in [2.05, 4.69) is 0 Å². The summed E-state index contributed by atoms with van der Waals surface area (Å²) in [6.07, 6.45) is -1.30. The fourth-order valence-electron chi connectivity index (χ4n) is 5.16. The van der Waals surface area contributed by atoms with Crippen LogP contribution in [0.5, 0.6) is 34.5 Å². The summed E-state index contributed by atoms with van der Waals surface area (Å²) < 4.78 is 6.50. The minimum Gasteiger partial charge on any atom is -0.508 e. The first-order valence-electron chi connectivity index (χ1n) is 12.0. The zero-order valence-corrected chi connectivity index (χ0v) is 20.1. The molecule has 0 bridgehead atoms. The fourth-order valence-corrected chi connectivity index (χ4v) is 5.16. The van der Waals surface area contributed by atoms with E-state index >= 15 is 0 Å². The summed E-state index contributed by atoms with van der Waals surface area (Å²) in [6.45, 7) is 0. The molecular weight excluding hydrogens is 488 g/mol. The molecule has 0 radical (unpaired) electrons. The van der Waals surface area contributed by atoms with Crippen LogP contribution in [0.15, 0.2) is 84.9 Å². The molecule has 1 aliphatic rings. The predicted molar refractivity (Wildman–Crippen MR) is 137 cm³/mol. The van der Waals surface area contributed by atoms with Crippen molar-refractivity contribution in [2.45, 2.75) is 18.6 Å². The van der Waals surface area contributed by atoms with Gasteiger partial charge in [0, 0.05) is 23.6 Å². The molecule has 8 nitrogen and oxygen atoms in total. The number of carbonyl (C=O) groups excluding carboxylic acids is 1. The average Bonchev–Trinajstić information content (AvgIpc) is 3.24. The van der Waals surface area contributed by atoms with Crippen LogP contribution in [-0.2, 0) is 11.2 Å². The molecule has 1 aliphatic heterocycles. The van der Waals surface area contributed by atoms with Crippen molar-refractivity contribution in [3.8, 4) is 34.5 Å². The van der Waals surface area contributed by atoms with Crippen molar-refractivity contribution >= 4 is 5.78 Å². The monoisotopic (exact) mass is 514 g/mol. The Kier molecular flexibility index (Phi) is 6.57. The van der Waals surface area contributed by atoms with Gasteiger partial charge in [-0.2, -0.15) is 0 Å². The summed E-state index contributed by atoms with van der Waals surface area (Å²) in [5.41, 5.74) is 1.79. The fraction of sp³-hybridized carbons (Fsp3) is 0.167. The van der Waals surface area contributed by atoms with E-state index in [1.807, 2.05) is 0 Å². The summed E-state index contributed by atoms with van der Waals surface area (Å²) in [5, 5.41) is 60.5. The van der Waals surface area contributed by atoms with Gasteiger partial charge in [-0.05, 0) is 66.1 Å². The van der Waals surface area contributed by atoms with Crippen LogP contribution in [0.25, 0.3) is 0 Å². The largest absolute Gasteiger partial charge is 0.508 e. The molecular formula is C30H26O8. The van der Waals surface area contributed by atoms with Crippen molar-refractivity contribution in [3.05, 3.63) is 107 Å². The number of rotatable bonds is 6. The van der Waals surface area contributed by atoms with Gasteiger partial charge in [0.2, 0.25) is 0 Å². The first-order valence-corrected chi connectivity index (χ1v) is 12.0. The number of hydrogen-bond acceptors (Lipinski definition) is 8. The summed E-state index contributed by atoms with van der Waals surface area (Å²) in [6, 6.07) is 20.7. The number of ether oxygens (including phenoxy) is 1. The van der Waals surface area contributed by atoms with Crippen LogP contribution in [0.2, 0.25) is 0 Å². The third kappa shape index (κ3) is 4.81. The second-order valence-corrected chi connectivity index (χ2v) is 9.44. The highest BCUT2D eigenvalue weighted by atomic mass is 16.5. The van der Waals surface area contributed by atoms with Gasteiger partial charge in [-0.25, -0.2) is 0 Å². The van der Waals surface area contributed by atoms with E-state index < -0.39 is 29.8 Å². The molecule has 0 spiro atoms. The normalized spacial score (nSPS) is 20.8. The number of aromatic hydroxyl groups is 6. The van der Waals surface area contributed by atoms with Crippen molar-refractivity contribution < 1.29 is 40.2 Å². The third-order valence-electron chi connectivity index (χ3n) is 6.97. The van der Waals surface area contributed by atoms with Crippen LogP contribution in [0.4, 0.5) is 0 Å². The number of Topliss-reactive ketones (excluding diaryl/α,β-unsaturated/α-hetero) is 1. The minimum absolute atomic E-state index is 0.00598. The average molecular weight is 515 g/mol. The van der Waals surface area contributed by atoms with Crippen molar-refractivity contribution in [2.75, 3.05) is 0 Å². The Labute approximate surface area is 218 Å². The van der Waals surface area contributed by atoms with Gasteiger partial charge < -0.3 is 35.4 Å². The molecule has 4 aromatic carbocycles. The second kappa shape index (κ2) is 9.99. The van der Waals surface area contributed by atoms with E-state index in [0.29, 0.717) is 17.5 Å². The van der Waals surface area contributed by atoms with Crippen molar-refractivity contribution in [1.29, 1.82) is 0 Å². The quantitative estimate of drug-likeness (QED) is 0.195. The van der Waals surface area contributed by atoms with Gasteiger partial charge in [-0.1, -0.05) is 24.3 Å². The third-order valence-corrected chi connectivity index (χ3v) is 6.97. The van der Waals surface area contributed by atoms with Crippen LogP contribution in [0, 0.1) is 11.8 Å². The molecule has 4 atom stereocenters. The van der Waals surface area contributed by atoms with E-state index in [4.69, 9.17) is 4.74 Å². The Balaban J connectivity index is 1.66. The lowest BCUT2D eigenvalue weighted by Gasteiger charge is -2.25. The van der Waals surface area contributed by atoms with E-state index in [0.717, 1.165) is 11.6 Å². The van der Waals surface area contributed by atoms with Gasteiger partial charge in [0.05, 0.1) is 23.7 Å². The maximum absolute atomic E-state index is 14.1. The lowest BCUT2D eigenvalue weighted by Crippen LogP contribution is -2.27. The Morgan fingerprint density at radius 2 is 1.18 bits per heavy atom. The Hall–Kier alpha value is -4.69. The molecule has 0 amide bonds. The van der Waals surface area contributed by atoms with Crippen molar-refractivity contribution in [2.24, 2.45) is 11.8 Å². The van der Waals surface area contributed by atoms with Gasteiger partial charge in [-0.15, -0.1) is 0 Å². The number of carbonyl (C=O) groups is 1. The van der Waals surface area contributed by atoms with Gasteiger partial charge in [0.1, 0.15) is 34.5 Å². The molecule has 194 valence electrons. The van der Waals surface area contributed by atoms with Crippen LogP contribution in [0.1, 0.15) is 39.3 Å². The van der Waals surface area contributed by atoms with E-state index in [1.165, 1.54) is 54.6 Å². The van der Waals surface area contributed by atoms with Gasteiger partial charge >= 0.3 is 0 Å². The highest BCUT2D eigenvalue weighted by Gasteiger charge is 2.50. The topological polar surface area (TPSA) is 148 Å². The molecule has 1 heterocycles. The first-order chi connectivity index (χ1) is 18.2. The van der Waals surface area contributed by atoms with Crippen LogP contribution in [-0.4, -0.2) is 36.4 Å². The SMILES string of the molecule is O=C(c1ccc(O)cc1O)[C@H]1[C@H](Cc2ccc(O)cc2)[C@@H](c2ccc(O)cc2O)O[C@@H]1c1ccc(O)cc1. The maximum Gasteiger partial charge on any atom is 0.173 e. The molecule has 38 heavy (non-hydrogen) atoms. The smallest absolute Gasteiger partial charge is 0.173 e. The molecule has 0 aromatic heterocycles. The number of phenolic OH excluding ortho intramolecular Hbond substituents is 6. The number of phenols is 6. The highest BCUT2D eigenvalue weighted by Crippen LogP contribution is 2.54. The van der Waals surface area contributed by atoms with Crippen LogP contribution >= 0.6 is 0 Å². The van der Waals surface area contributed by atoms with Crippen molar-refractivity contribution in [3.63, 3.8) is 0 Å².